The number of urea groups is 1. The van der Waals surface area contributed by atoms with Gasteiger partial charge in [0.25, 0.3) is 0 Å². The van der Waals surface area contributed by atoms with Crippen LogP contribution in [-0.2, 0) is 9.59 Å². The summed E-state index contributed by atoms with van der Waals surface area (Å²) in [6.45, 7) is 3.99. The normalized spacial score (nSPS) is 11.4. The molecule has 0 aromatic rings. The molecule has 0 aliphatic heterocycles. The summed E-state index contributed by atoms with van der Waals surface area (Å²) >= 11 is 0. The van der Waals surface area contributed by atoms with Crippen LogP contribution in [0.25, 0.3) is 0 Å². The zero-order chi connectivity index (χ0) is 14.1. The first-order valence-electron chi connectivity index (χ1n) is 5.45. The number of nitrogens with zero attached hydrogens (tertiary/aromatic N) is 1. The molecule has 0 rings (SSSR count). The lowest BCUT2D eigenvalue weighted by molar-refractivity contribution is -0.145. The van der Waals surface area contributed by atoms with Crippen LogP contribution >= 0.6 is 0 Å². The van der Waals surface area contributed by atoms with Crippen molar-refractivity contribution in [2.24, 2.45) is 0 Å². The highest BCUT2D eigenvalue weighted by molar-refractivity contribution is 5.86. The number of aliphatic carboxylic acids is 2. The number of carboxylic acid groups (broad SMARTS) is 2. The molecule has 0 fully saturated rings. The quantitative estimate of drug-likeness (QED) is 0.434. The van der Waals surface area contributed by atoms with Crippen molar-refractivity contribution in [1.29, 1.82) is 0 Å². The zero-order valence-corrected chi connectivity index (χ0v) is 10.3. The van der Waals surface area contributed by atoms with Crippen LogP contribution in [-0.4, -0.2) is 52.7 Å². The molecule has 0 radical (unpaired) electrons. The lowest BCUT2D eigenvalue weighted by Gasteiger charge is -2.20. The summed E-state index contributed by atoms with van der Waals surface area (Å²) in [6, 6.07) is -2.02. The summed E-state index contributed by atoms with van der Waals surface area (Å²) in [5.41, 5.74) is 0. The van der Waals surface area contributed by atoms with Crippen LogP contribution < -0.4 is 5.32 Å². The average molecular weight is 258 g/mol. The third-order valence-electron chi connectivity index (χ3n) is 2.22. The fourth-order valence-electron chi connectivity index (χ4n) is 1.21. The van der Waals surface area contributed by atoms with E-state index in [4.69, 9.17) is 10.2 Å². The van der Waals surface area contributed by atoms with Crippen molar-refractivity contribution in [2.75, 3.05) is 13.6 Å². The van der Waals surface area contributed by atoms with E-state index in [1.807, 2.05) is 0 Å². The second-order valence-corrected chi connectivity index (χ2v) is 3.79. The highest BCUT2D eigenvalue weighted by Crippen LogP contribution is 1.97. The van der Waals surface area contributed by atoms with Crippen LogP contribution in [0.2, 0.25) is 0 Å². The Kier molecular flexibility index (Phi) is 7.18. The molecule has 0 spiro atoms. The van der Waals surface area contributed by atoms with Gasteiger partial charge in [0.05, 0.1) is 6.42 Å². The minimum Gasteiger partial charge on any atom is -0.481 e. The molecule has 0 heterocycles. The molecule has 18 heavy (non-hydrogen) atoms. The van der Waals surface area contributed by atoms with Gasteiger partial charge in [-0.2, -0.15) is 0 Å². The summed E-state index contributed by atoms with van der Waals surface area (Å²) in [5, 5.41) is 19.4. The molecule has 0 saturated carbocycles. The average Bonchev–Trinajstić information content (AvgIpc) is 2.27. The Morgan fingerprint density at radius 2 is 2.00 bits per heavy atom. The fourth-order valence-corrected chi connectivity index (χ4v) is 1.21. The number of nitrogens with one attached hydrogen (secondary N) is 1. The Balaban J connectivity index is 4.27. The Morgan fingerprint density at radius 3 is 2.44 bits per heavy atom. The number of allylic oxidation sites excluding steroid dienone is 1. The van der Waals surface area contributed by atoms with Crippen LogP contribution in [0.1, 0.15) is 19.3 Å². The lowest BCUT2D eigenvalue weighted by atomic mass is 10.2. The summed E-state index contributed by atoms with van der Waals surface area (Å²) in [4.78, 5) is 34.1. The molecule has 1 atom stereocenters. The first kappa shape index (κ1) is 16.0. The molecule has 0 bridgehead atoms. The van der Waals surface area contributed by atoms with Gasteiger partial charge in [0, 0.05) is 13.6 Å². The van der Waals surface area contributed by atoms with Gasteiger partial charge < -0.3 is 20.4 Å². The number of amides is 2. The van der Waals surface area contributed by atoms with Crippen molar-refractivity contribution in [3.63, 3.8) is 0 Å². The highest BCUT2D eigenvalue weighted by Gasteiger charge is 2.24. The highest BCUT2D eigenvalue weighted by atomic mass is 16.4. The number of rotatable bonds is 8. The van der Waals surface area contributed by atoms with Gasteiger partial charge in [0.1, 0.15) is 6.04 Å². The standard InChI is InChI=1S/C11H18N2O5/c1-3-4-5-6-13(2)11(18)12-8(10(16)17)7-9(14)15/h3,8H,1,4-7H2,2H3,(H,12,18)(H,14,15)(H,16,17). The van der Waals surface area contributed by atoms with Gasteiger partial charge in [-0.1, -0.05) is 6.08 Å². The monoisotopic (exact) mass is 258 g/mol. The summed E-state index contributed by atoms with van der Waals surface area (Å²) in [7, 11) is 1.51. The van der Waals surface area contributed by atoms with E-state index in [0.29, 0.717) is 13.0 Å². The summed E-state index contributed by atoms with van der Waals surface area (Å²) in [5.74, 6) is -2.65. The Morgan fingerprint density at radius 1 is 1.39 bits per heavy atom. The molecule has 2 amide bonds. The van der Waals surface area contributed by atoms with Crippen LogP contribution in [0.4, 0.5) is 4.79 Å². The molecule has 0 aliphatic rings. The largest absolute Gasteiger partial charge is 0.481 e. The third-order valence-corrected chi connectivity index (χ3v) is 2.22. The molecule has 0 aliphatic carbocycles. The van der Waals surface area contributed by atoms with E-state index in [1.165, 1.54) is 11.9 Å². The predicted molar refractivity (Wildman–Crippen MR) is 64.3 cm³/mol. The number of carboxylic acids is 2. The fraction of sp³-hybridized carbons (Fsp3) is 0.545. The molecule has 0 aromatic carbocycles. The van der Waals surface area contributed by atoms with Gasteiger partial charge in [0.15, 0.2) is 0 Å². The van der Waals surface area contributed by atoms with Crippen molar-refractivity contribution in [2.45, 2.75) is 25.3 Å². The maximum absolute atomic E-state index is 11.6. The summed E-state index contributed by atoms with van der Waals surface area (Å²) in [6.07, 6.45) is 2.52. The van der Waals surface area contributed by atoms with Gasteiger partial charge in [-0.3, -0.25) is 4.79 Å². The lowest BCUT2D eigenvalue weighted by Crippen LogP contribution is -2.47. The first-order chi connectivity index (χ1) is 8.38. The minimum atomic E-state index is -1.42. The van der Waals surface area contributed by atoms with Crippen LogP contribution in [0.15, 0.2) is 12.7 Å². The maximum Gasteiger partial charge on any atom is 0.326 e. The maximum atomic E-state index is 11.6. The SMILES string of the molecule is C=CCCCN(C)C(=O)NC(CC(=O)O)C(=O)O. The Labute approximate surface area is 105 Å². The van der Waals surface area contributed by atoms with Gasteiger partial charge in [0.2, 0.25) is 0 Å². The topological polar surface area (TPSA) is 107 Å². The predicted octanol–water partition coefficient (Wildman–Crippen LogP) is 0.522. The van der Waals surface area contributed by atoms with E-state index in [2.05, 4.69) is 11.9 Å². The first-order valence-corrected chi connectivity index (χ1v) is 5.45. The van der Waals surface area contributed by atoms with Crippen molar-refractivity contribution in [3.8, 4) is 0 Å². The molecule has 7 heteroatoms. The minimum absolute atomic E-state index is 0.442. The number of hydrogen-bond acceptors (Lipinski definition) is 3. The molecule has 1 unspecified atom stereocenters. The number of carbonyl (C=O) groups excluding carboxylic acids is 1. The van der Waals surface area contributed by atoms with Crippen molar-refractivity contribution in [3.05, 3.63) is 12.7 Å². The molecule has 0 saturated heterocycles. The van der Waals surface area contributed by atoms with Gasteiger partial charge >= 0.3 is 18.0 Å². The zero-order valence-electron chi connectivity index (χ0n) is 10.3. The van der Waals surface area contributed by atoms with Crippen LogP contribution in [0.5, 0.6) is 0 Å². The third kappa shape index (κ3) is 6.51. The van der Waals surface area contributed by atoms with E-state index in [0.717, 1.165) is 6.42 Å². The van der Waals surface area contributed by atoms with Crippen molar-refractivity contribution < 1.29 is 24.6 Å². The van der Waals surface area contributed by atoms with Gasteiger partial charge in [-0.25, -0.2) is 9.59 Å². The Hall–Kier alpha value is -2.05. The van der Waals surface area contributed by atoms with E-state index in [-0.39, 0.29) is 0 Å². The number of unbranched alkanes of at least 4 members (excludes halogenated alkanes) is 1. The molecular weight excluding hydrogens is 240 g/mol. The van der Waals surface area contributed by atoms with Gasteiger partial charge in [-0.05, 0) is 12.8 Å². The van der Waals surface area contributed by atoms with Crippen LogP contribution in [0, 0.1) is 0 Å². The molecule has 0 aromatic heterocycles. The van der Waals surface area contributed by atoms with E-state index in [9.17, 15) is 14.4 Å². The molecule has 7 nitrogen and oxygen atoms in total. The molecular formula is C11H18N2O5. The molecule has 102 valence electrons. The smallest absolute Gasteiger partial charge is 0.326 e. The second-order valence-electron chi connectivity index (χ2n) is 3.79. The number of hydrogen-bond donors (Lipinski definition) is 3. The van der Waals surface area contributed by atoms with E-state index in [1.54, 1.807) is 6.08 Å². The Bertz CT molecular complexity index is 329. The van der Waals surface area contributed by atoms with E-state index < -0.39 is 30.4 Å². The molecule has 3 N–H and O–H groups in total. The van der Waals surface area contributed by atoms with E-state index >= 15 is 0 Å². The second kappa shape index (κ2) is 8.10. The van der Waals surface area contributed by atoms with Gasteiger partial charge in [-0.15, -0.1) is 6.58 Å². The number of carbonyl (C=O) groups is 3. The van der Waals surface area contributed by atoms with Crippen LogP contribution in [0.3, 0.4) is 0 Å². The van der Waals surface area contributed by atoms with Crippen molar-refractivity contribution in [1.82, 2.24) is 10.2 Å². The summed E-state index contributed by atoms with van der Waals surface area (Å²) < 4.78 is 0. The van der Waals surface area contributed by atoms with Crippen molar-refractivity contribution >= 4 is 18.0 Å².